The summed E-state index contributed by atoms with van der Waals surface area (Å²) in [6, 6.07) is 10.0. The Morgan fingerprint density at radius 2 is 1.71 bits per heavy atom. The molecule has 2 heterocycles. The summed E-state index contributed by atoms with van der Waals surface area (Å²) >= 11 is 6.22. The van der Waals surface area contributed by atoms with Crippen LogP contribution in [0.4, 0.5) is 13.2 Å². The highest BCUT2D eigenvalue weighted by Crippen LogP contribution is 2.26. The number of aliphatic carboxylic acids is 1. The van der Waals surface area contributed by atoms with Gasteiger partial charge >= 0.3 is 12.1 Å². The Balaban J connectivity index is 0.000000616. The number of alkyl halides is 3. The Labute approximate surface area is 246 Å². The number of nitrogens with zero attached hydrogens (tertiary/aromatic N) is 2. The van der Waals surface area contributed by atoms with E-state index in [2.05, 4.69) is 15.6 Å². The number of pyridine rings is 1. The third kappa shape index (κ3) is 9.71. The topological polar surface area (TPSA) is 129 Å². The van der Waals surface area contributed by atoms with Crippen LogP contribution in [-0.4, -0.2) is 70.0 Å². The first-order valence-electron chi connectivity index (χ1n) is 13.8. The second-order valence-electron chi connectivity index (χ2n) is 10.2. The van der Waals surface area contributed by atoms with Crippen molar-refractivity contribution in [1.82, 2.24) is 20.5 Å². The molecule has 1 saturated carbocycles. The maximum absolute atomic E-state index is 13.6. The average molecular weight is 611 g/mol. The predicted molar refractivity (Wildman–Crippen MR) is 148 cm³/mol. The van der Waals surface area contributed by atoms with E-state index in [1.54, 1.807) is 17.3 Å². The average Bonchev–Trinajstić information content (AvgIpc) is 3.67. The van der Waals surface area contributed by atoms with Crippen LogP contribution >= 0.6 is 11.6 Å². The molecule has 2 aliphatic rings. The number of carboxylic acids is 1. The third-order valence-electron chi connectivity index (χ3n) is 7.24. The Morgan fingerprint density at radius 1 is 1.02 bits per heavy atom. The molecule has 1 saturated heterocycles. The summed E-state index contributed by atoms with van der Waals surface area (Å²) in [4.78, 5) is 54.2. The minimum atomic E-state index is -5.08. The van der Waals surface area contributed by atoms with Crippen LogP contribution in [0.3, 0.4) is 0 Å². The van der Waals surface area contributed by atoms with Gasteiger partial charge in [-0.15, -0.1) is 0 Å². The number of carbonyl (C=O) groups excluding carboxylic acids is 3. The molecule has 1 aliphatic heterocycles. The van der Waals surface area contributed by atoms with Gasteiger partial charge in [0, 0.05) is 42.8 Å². The molecule has 0 bridgehead atoms. The number of nitrogens with one attached hydrogen (secondary N) is 2. The van der Waals surface area contributed by atoms with E-state index in [0.29, 0.717) is 37.4 Å². The van der Waals surface area contributed by atoms with E-state index in [0.717, 1.165) is 43.2 Å². The molecule has 0 spiro atoms. The van der Waals surface area contributed by atoms with Crippen LogP contribution in [0, 0.1) is 5.92 Å². The second-order valence-corrected chi connectivity index (χ2v) is 10.6. The molecule has 42 heavy (non-hydrogen) atoms. The Hall–Kier alpha value is -3.67. The van der Waals surface area contributed by atoms with Crippen LogP contribution in [0.15, 0.2) is 48.8 Å². The third-order valence-corrected chi connectivity index (χ3v) is 7.60. The van der Waals surface area contributed by atoms with Gasteiger partial charge in [0.05, 0.1) is 0 Å². The predicted octanol–water partition coefficient (Wildman–Crippen LogP) is 3.94. The Kier molecular flexibility index (Phi) is 12.1. The van der Waals surface area contributed by atoms with Crippen LogP contribution in [0.2, 0.25) is 5.02 Å². The van der Waals surface area contributed by atoms with E-state index in [4.69, 9.17) is 21.5 Å². The van der Waals surface area contributed by atoms with Gasteiger partial charge in [0.2, 0.25) is 17.7 Å². The van der Waals surface area contributed by atoms with Gasteiger partial charge in [-0.05, 0) is 55.4 Å². The van der Waals surface area contributed by atoms with Gasteiger partial charge in [-0.3, -0.25) is 19.4 Å². The summed E-state index contributed by atoms with van der Waals surface area (Å²) in [6.07, 6.45) is 4.45. The van der Waals surface area contributed by atoms with E-state index < -0.39 is 24.2 Å². The molecular weight excluding hydrogens is 577 g/mol. The minimum absolute atomic E-state index is 0.0401. The molecule has 3 N–H and O–H groups in total. The fourth-order valence-corrected chi connectivity index (χ4v) is 5.31. The largest absolute Gasteiger partial charge is 0.490 e. The summed E-state index contributed by atoms with van der Waals surface area (Å²) in [6.45, 7) is 0.947. The molecule has 1 aliphatic carbocycles. The summed E-state index contributed by atoms with van der Waals surface area (Å²) in [7, 11) is 0. The van der Waals surface area contributed by atoms with Gasteiger partial charge < -0.3 is 20.6 Å². The first-order chi connectivity index (χ1) is 20.0. The number of carbonyl (C=O) groups is 4. The van der Waals surface area contributed by atoms with E-state index in [1.807, 2.05) is 36.4 Å². The van der Waals surface area contributed by atoms with Crippen LogP contribution in [0.1, 0.15) is 49.7 Å². The highest BCUT2D eigenvalue weighted by molar-refractivity contribution is 6.31. The Bertz CT molecular complexity index is 1230. The molecule has 1 aromatic carbocycles. The Morgan fingerprint density at radius 3 is 2.33 bits per heavy atom. The molecule has 2 fully saturated rings. The van der Waals surface area contributed by atoms with Crippen molar-refractivity contribution in [3.63, 3.8) is 0 Å². The number of carboxylic acid groups (broad SMARTS) is 1. The van der Waals surface area contributed by atoms with Gasteiger partial charge in [-0.25, -0.2) is 4.79 Å². The number of halogens is 4. The molecular formula is C29H34ClF3N4O5. The molecule has 3 amide bonds. The first-order valence-corrected chi connectivity index (χ1v) is 14.2. The summed E-state index contributed by atoms with van der Waals surface area (Å²) in [5.41, 5.74) is 1.84. The lowest BCUT2D eigenvalue weighted by atomic mass is 10.0. The highest BCUT2D eigenvalue weighted by Gasteiger charge is 2.39. The zero-order valence-electron chi connectivity index (χ0n) is 22.9. The van der Waals surface area contributed by atoms with Gasteiger partial charge in [0.15, 0.2) is 0 Å². The van der Waals surface area contributed by atoms with Crippen molar-refractivity contribution in [2.75, 3.05) is 13.1 Å². The zero-order chi connectivity index (χ0) is 30.7. The maximum atomic E-state index is 13.6. The SMILES string of the molecule is O=C(N[C@@H](Cc1cccnc1)C(=O)N1CCC[C@H]1C(=O)NCCc1ccccc1Cl)C1CCCC1.O=C(O)C(F)(F)F. The van der Waals surface area contributed by atoms with Gasteiger partial charge in [0.25, 0.3) is 0 Å². The molecule has 1 aromatic heterocycles. The quantitative estimate of drug-likeness (QED) is 0.395. The van der Waals surface area contributed by atoms with E-state index in [-0.39, 0.29) is 23.6 Å². The van der Waals surface area contributed by atoms with Gasteiger partial charge in [0.1, 0.15) is 12.1 Å². The summed E-state index contributed by atoms with van der Waals surface area (Å²) in [5.74, 6) is -3.23. The van der Waals surface area contributed by atoms with Crippen LogP contribution in [0.25, 0.3) is 0 Å². The summed E-state index contributed by atoms with van der Waals surface area (Å²) in [5, 5.41) is 13.8. The highest BCUT2D eigenvalue weighted by atomic mass is 35.5. The fraction of sp³-hybridized carbons (Fsp3) is 0.483. The molecule has 228 valence electrons. The van der Waals surface area contributed by atoms with Crippen molar-refractivity contribution < 1.29 is 37.5 Å². The molecule has 0 radical (unpaired) electrons. The van der Waals surface area contributed by atoms with Crippen molar-refractivity contribution >= 4 is 35.3 Å². The minimum Gasteiger partial charge on any atom is -0.475 e. The summed E-state index contributed by atoms with van der Waals surface area (Å²) < 4.78 is 31.7. The smallest absolute Gasteiger partial charge is 0.475 e. The number of rotatable bonds is 9. The number of amides is 3. The number of benzene rings is 1. The fourth-order valence-electron chi connectivity index (χ4n) is 5.07. The van der Waals surface area contributed by atoms with Crippen molar-refractivity contribution in [3.05, 3.63) is 64.9 Å². The number of hydrogen-bond donors (Lipinski definition) is 3. The van der Waals surface area contributed by atoms with Crippen molar-refractivity contribution in [2.24, 2.45) is 5.92 Å². The maximum Gasteiger partial charge on any atom is 0.490 e. The van der Waals surface area contributed by atoms with E-state index in [9.17, 15) is 27.6 Å². The van der Waals surface area contributed by atoms with Crippen molar-refractivity contribution in [2.45, 2.75) is 69.6 Å². The lowest BCUT2D eigenvalue weighted by Gasteiger charge is -2.29. The van der Waals surface area contributed by atoms with Gasteiger partial charge in [-0.2, -0.15) is 13.2 Å². The number of hydrogen-bond acceptors (Lipinski definition) is 5. The lowest BCUT2D eigenvalue weighted by Crippen LogP contribution is -2.55. The second kappa shape index (κ2) is 15.5. The molecule has 2 aromatic rings. The monoisotopic (exact) mass is 610 g/mol. The van der Waals surface area contributed by atoms with Gasteiger partial charge in [-0.1, -0.05) is 48.7 Å². The molecule has 0 unspecified atom stereocenters. The van der Waals surface area contributed by atoms with Crippen LogP contribution in [-0.2, 0) is 32.0 Å². The lowest BCUT2D eigenvalue weighted by molar-refractivity contribution is -0.192. The number of likely N-dealkylation sites (tertiary alicyclic amines) is 1. The molecule has 9 nitrogen and oxygen atoms in total. The molecule has 4 rings (SSSR count). The van der Waals surface area contributed by atoms with E-state index >= 15 is 0 Å². The van der Waals surface area contributed by atoms with Crippen LogP contribution in [0.5, 0.6) is 0 Å². The standard InChI is InChI=1S/C27H33ClN4O3.C2HF3O2/c28-22-11-4-3-8-20(22)13-15-30-26(34)24-12-6-16-32(24)27(35)23(17-19-7-5-14-29-18-19)31-25(33)21-9-1-2-10-21;3-2(4,5)1(6)7/h3-5,7-8,11,14,18,21,23-24H,1-2,6,9-10,12-13,15-17H2,(H,30,34)(H,31,33);(H,6,7)/t23-,24-;/m0./s1. The first kappa shape index (κ1) is 32.8. The normalized spacial score (nSPS) is 17.6. The van der Waals surface area contributed by atoms with Crippen LogP contribution < -0.4 is 10.6 Å². The number of aromatic nitrogens is 1. The zero-order valence-corrected chi connectivity index (χ0v) is 23.7. The molecule has 13 heteroatoms. The van der Waals surface area contributed by atoms with E-state index in [1.165, 1.54) is 0 Å². The van der Waals surface area contributed by atoms with Crippen molar-refractivity contribution in [1.29, 1.82) is 0 Å². The van der Waals surface area contributed by atoms with Crippen molar-refractivity contribution in [3.8, 4) is 0 Å². The molecule has 2 atom stereocenters.